The molecule has 3 N–H and O–H groups in total. The lowest BCUT2D eigenvalue weighted by Gasteiger charge is -2.58. The van der Waals surface area contributed by atoms with Crippen molar-refractivity contribution >= 4 is 12.0 Å². The smallest absolute Gasteiger partial charge is 0.407 e. The number of amides is 2. The number of carbonyl (C=O) groups excluding carboxylic acids is 2. The predicted octanol–water partition coefficient (Wildman–Crippen LogP) is 8.17. The van der Waals surface area contributed by atoms with E-state index in [1.54, 1.807) is 5.57 Å². The van der Waals surface area contributed by atoms with Crippen LogP contribution in [0.25, 0.3) is 0 Å². The van der Waals surface area contributed by atoms with Crippen LogP contribution in [0.15, 0.2) is 11.6 Å². The van der Waals surface area contributed by atoms with Crippen LogP contribution >= 0.6 is 0 Å². The first-order valence-corrected chi connectivity index (χ1v) is 16.5. The van der Waals surface area contributed by atoms with E-state index in [1.165, 1.54) is 51.4 Å². The van der Waals surface area contributed by atoms with E-state index in [1.807, 2.05) is 0 Å². The highest BCUT2D eigenvalue weighted by Gasteiger charge is 2.59. The Morgan fingerprint density at radius 1 is 1.00 bits per heavy atom. The number of nitrogens with two attached hydrogens (primary N) is 1. The van der Waals surface area contributed by atoms with Crippen molar-refractivity contribution in [3.05, 3.63) is 11.6 Å². The third kappa shape index (κ3) is 6.87. The summed E-state index contributed by atoms with van der Waals surface area (Å²) in [5.41, 5.74) is 7.56. The number of ether oxygens (including phenoxy) is 1. The van der Waals surface area contributed by atoms with Crippen molar-refractivity contribution in [1.82, 2.24) is 5.32 Å². The monoisotopic (exact) mass is 542 g/mol. The lowest BCUT2D eigenvalue weighted by atomic mass is 9.47. The van der Waals surface area contributed by atoms with E-state index in [0.29, 0.717) is 18.4 Å². The number of primary amides is 1. The van der Waals surface area contributed by atoms with E-state index in [0.717, 1.165) is 74.0 Å². The van der Waals surface area contributed by atoms with E-state index in [-0.39, 0.29) is 23.5 Å². The summed E-state index contributed by atoms with van der Waals surface area (Å²) in [6.07, 6.45) is 19.3. The number of unbranched alkanes of at least 4 members (excludes halogenated alkanes) is 2. The Balaban J connectivity index is 1.30. The van der Waals surface area contributed by atoms with E-state index >= 15 is 0 Å². The zero-order valence-corrected chi connectivity index (χ0v) is 25.7. The summed E-state index contributed by atoms with van der Waals surface area (Å²) in [4.78, 5) is 23.3. The molecule has 0 radical (unpaired) electrons. The maximum absolute atomic E-state index is 12.4. The molecule has 222 valence electrons. The van der Waals surface area contributed by atoms with E-state index < -0.39 is 0 Å². The van der Waals surface area contributed by atoms with E-state index in [9.17, 15) is 9.59 Å². The fourth-order valence-electron chi connectivity index (χ4n) is 9.74. The van der Waals surface area contributed by atoms with Crippen molar-refractivity contribution in [2.75, 3.05) is 6.54 Å². The molecule has 0 heterocycles. The molecule has 0 aromatic heterocycles. The molecule has 8 atom stereocenters. The molecule has 5 nitrogen and oxygen atoms in total. The maximum atomic E-state index is 12.4. The van der Waals surface area contributed by atoms with Crippen molar-refractivity contribution < 1.29 is 14.3 Å². The SMILES string of the molecule is CC(C)CCC[C@H](C)[C@H]1CCC2C3CC=C4C[C@@H](OC(=O)NCCCCCC(N)=O)CC[C@]4(C)C3CC[C@@]21C. The number of rotatable bonds is 12. The fraction of sp³-hybridized carbons (Fsp3) is 0.882. The first-order chi connectivity index (χ1) is 18.5. The van der Waals surface area contributed by atoms with E-state index in [2.05, 4.69) is 46.0 Å². The first-order valence-electron chi connectivity index (χ1n) is 16.5. The molecular weight excluding hydrogens is 484 g/mol. The molecule has 4 rings (SSSR count). The van der Waals surface area contributed by atoms with Gasteiger partial charge in [-0.05, 0) is 104 Å². The summed E-state index contributed by atoms with van der Waals surface area (Å²) >= 11 is 0. The van der Waals surface area contributed by atoms with Crippen LogP contribution in [-0.2, 0) is 9.53 Å². The Morgan fingerprint density at radius 3 is 2.54 bits per heavy atom. The van der Waals surface area contributed by atoms with Gasteiger partial charge in [-0.15, -0.1) is 0 Å². The van der Waals surface area contributed by atoms with Gasteiger partial charge in [-0.3, -0.25) is 4.79 Å². The molecule has 39 heavy (non-hydrogen) atoms. The Labute approximate surface area is 238 Å². The van der Waals surface area contributed by atoms with Gasteiger partial charge in [-0.25, -0.2) is 4.79 Å². The van der Waals surface area contributed by atoms with Crippen LogP contribution in [0.3, 0.4) is 0 Å². The van der Waals surface area contributed by atoms with Crippen molar-refractivity contribution in [3.8, 4) is 0 Å². The lowest BCUT2D eigenvalue weighted by molar-refractivity contribution is -0.118. The molecule has 0 saturated heterocycles. The van der Waals surface area contributed by atoms with Gasteiger partial charge in [0.2, 0.25) is 5.91 Å². The molecule has 4 aliphatic rings. The van der Waals surface area contributed by atoms with Crippen molar-refractivity contribution in [2.45, 2.75) is 137 Å². The van der Waals surface area contributed by atoms with Crippen LogP contribution in [-0.4, -0.2) is 24.6 Å². The van der Waals surface area contributed by atoms with Gasteiger partial charge in [-0.2, -0.15) is 0 Å². The number of carbonyl (C=O) groups is 2. The second-order valence-corrected chi connectivity index (χ2v) is 14.8. The van der Waals surface area contributed by atoms with Gasteiger partial charge in [0, 0.05) is 19.4 Å². The molecule has 0 aliphatic heterocycles. The molecule has 2 amide bonds. The summed E-state index contributed by atoms with van der Waals surface area (Å²) < 4.78 is 5.87. The average molecular weight is 543 g/mol. The molecule has 0 bridgehead atoms. The summed E-state index contributed by atoms with van der Waals surface area (Å²) in [7, 11) is 0. The highest BCUT2D eigenvalue weighted by Crippen LogP contribution is 2.67. The van der Waals surface area contributed by atoms with Crippen molar-refractivity contribution in [2.24, 2.45) is 52.1 Å². The maximum Gasteiger partial charge on any atom is 0.407 e. The summed E-state index contributed by atoms with van der Waals surface area (Å²) in [6.45, 7) is 13.1. The standard InChI is InChI=1S/C34H58N2O3/c1-23(2)10-9-11-24(3)28-15-16-29-27-14-13-25-22-26(39-32(38)36-21-8-6-7-12-31(35)37)17-19-33(25,4)30(27)18-20-34(28,29)5/h13,23-24,26-30H,6-12,14-22H2,1-5H3,(H2,35,37)(H,36,38)/t24-,26-,27?,28+,29?,30?,33-,34+/m0/s1. The summed E-state index contributed by atoms with van der Waals surface area (Å²) in [6, 6.07) is 0. The minimum atomic E-state index is -0.291. The van der Waals surface area contributed by atoms with Crippen molar-refractivity contribution in [3.63, 3.8) is 0 Å². The molecule has 0 aromatic carbocycles. The van der Waals surface area contributed by atoms with Crippen LogP contribution in [0.5, 0.6) is 0 Å². The lowest BCUT2D eigenvalue weighted by Crippen LogP contribution is -2.51. The highest BCUT2D eigenvalue weighted by molar-refractivity contribution is 5.73. The summed E-state index contributed by atoms with van der Waals surface area (Å²) in [5.74, 6) is 4.83. The average Bonchev–Trinajstić information content (AvgIpc) is 3.23. The molecule has 3 fully saturated rings. The van der Waals surface area contributed by atoms with Gasteiger partial charge in [-0.1, -0.05) is 72.0 Å². The van der Waals surface area contributed by atoms with Gasteiger partial charge in [0.25, 0.3) is 0 Å². The molecule has 0 spiro atoms. The highest BCUT2D eigenvalue weighted by atomic mass is 16.6. The number of hydrogen-bond donors (Lipinski definition) is 2. The number of fused-ring (bicyclic) bond motifs is 5. The molecular formula is C34H58N2O3. The fourth-order valence-corrected chi connectivity index (χ4v) is 9.74. The van der Waals surface area contributed by atoms with Crippen LogP contribution < -0.4 is 11.1 Å². The molecule has 5 heteroatoms. The Morgan fingerprint density at radius 2 is 1.79 bits per heavy atom. The molecule has 3 saturated carbocycles. The largest absolute Gasteiger partial charge is 0.446 e. The minimum absolute atomic E-state index is 0.00728. The van der Waals surface area contributed by atoms with Crippen LogP contribution in [0.1, 0.15) is 131 Å². The van der Waals surface area contributed by atoms with Crippen LogP contribution in [0, 0.1) is 46.3 Å². The topological polar surface area (TPSA) is 81.4 Å². The zero-order valence-electron chi connectivity index (χ0n) is 25.7. The van der Waals surface area contributed by atoms with Gasteiger partial charge in [0.05, 0.1) is 0 Å². The third-order valence-electron chi connectivity index (χ3n) is 11.9. The minimum Gasteiger partial charge on any atom is -0.446 e. The number of hydrogen-bond acceptors (Lipinski definition) is 3. The number of nitrogens with one attached hydrogen (secondary N) is 1. The van der Waals surface area contributed by atoms with Gasteiger partial charge >= 0.3 is 6.09 Å². The summed E-state index contributed by atoms with van der Waals surface area (Å²) in [5, 5.41) is 2.91. The van der Waals surface area contributed by atoms with Gasteiger partial charge in [0.15, 0.2) is 0 Å². The molecule has 0 aromatic rings. The second-order valence-electron chi connectivity index (χ2n) is 14.8. The Kier molecular flexibility index (Phi) is 10.1. The van der Waals surface area contributed by atoms with Crippen LogP contribution in [0.4, 0.5) is 4.79 Å². The molecule has 3 unspecified atom stereocenters. The quantitative estimate of drug-likeness (QED) is 0.193. The predicted molar refractivity (Wildman–Crippen MR) is 159 cm³/mol. The van der Waals surface area contributed by atoms with Crippen molar-refractivity contribution in [1.29, 1.82) is 0 Å². The normalized spacial score (nSPS) is 36.4. The third-order valence-corrected chi connectivity index (χ3v) is 11.9. The number of alkyl carbamates (subject to hydrolysis) is 1. The molecule has 4 aliphatic carbocycles. The zero-order chi connectivity index (χ0) is 28.2. The van der Waals surface area contributed by atoms with E-state index in [4.69, 9.17) is 10.5 Å². The number of allylic oxidation sites excluding steroid dienone is 1. The second kappa shape index (κ2) is 13.0. The van der Waals surface area contributed by atoms with Crippen LogP contribution in [0.2, 0.25) is 0 Å². The Bertz CT molecular complexity index is 884. The Hall–Kier alpha value is -1.52. The van der Waals surface area contributed by atoms with Gasteiger partial charge in [0.1, 0.15) is 6.10 Å². The first kappa shape index (κ1) is 30.4. The van der Waals surface area contributed by atoms with Gasteiger partial charge < -0.3 is 15.8 Å².